The summed E-state index contributed by atoms with van der Waals surface area (Å²) in [7, 11) is 0. The zero-order valence-electron chi connectivity index (χ0n) is 8.48. The first-order chi connectivity index (χ1) is 7.06. The topological polar surface area (TPSA) is 77.8 Å². The molecule has 84 valence electrons. The molecule has 2 rings (SSSR count). The monoisotopic (exact) mass is 213 g/mol. The fourth-order valence-corrected chi connectivity index (χ4v) is 2.09. The zero-order chi connectivity index (χ0) is 11.1. The van der Waals surface area contributed by atoms with Crippen LogP contribution in [0.1, 0.15) is 25.7 Å². The molecule has 15 heavy (non-hydrogen) atoms. The molecular formula is C10H15NO4. The van der Waals surface area contributed by atoms with E-state index in [0.717, 1.165) is 6.42 Å². The Kier molecular flexibility index (Phi) is 2.42. The van der Waals surface area contributed by atoms with E-state index >= 15 is 0 Å². The molecule has 5 heteroatoms. The molecule has 1 amide bonds. The SMILES string of the molecule is O=C(O)C1(C(=O)N2CCCC(O)C2)CC1. The summed E-state index contributed by atoms with van der Waals surface area (Å²) in [5, 5.41) is 18.4. The molecule has 1 unspecified atom stereocenters. The number of carboxylic acid groups (broad SMARTS) is 1. The van der Waals surface area contributed by atoms with Crippen LogP contribution < -0.4 is 0 Å². The number of β-amino-alcohol motifs (C(OH)–C–C–N with tert-alkyl or cyclic N) is 1. The number of hydrogen-bond donors (Lipinski definition) is 2. The van der Waals surface area contributed by atoms with E-state index < -0.39 is 17.5 Å². The highest BCUT2D eigenvalue weighted by Gasteiger charge is 2.58. The lowest BCUT2D eigenvalue weighted by Gasteiger charge is -2.31. The highest BCUT2D eigenvalue weighted by Crippen LogP contribution is 2.47. The largest absolute Gasteiger partial charge is 0.480 e. The molecular weight excluding hydrogens is 198 g/mol. The molecule has 1 aliphatic heterocycles. The van der Waals surface area contributed by atoms with Crippen LogP contribution >= 0.6 is 0 Å². The number of carbonyl (C=O) groups excluding carboxylic acids is 1. The van der Waals surface area contributed by atoms with Gasteiger partial charge in [0.15, 0.2) is 0 Å². The molecule has 2 aliphatic rings. The van der Waals surface area contributed by atoms with E-state index in [1.165, 1.54) is 4.90 Å². The Morgan fingerprint density at radius 3 is 2.47 bits per heavy atom. The molecule has 1 heterocycles. The Bertz CT molecular complexity index is 298. The quantitative estimate of drug-likeness (QED) is 0.624. The third-order valence-electron chi connectivity index (χ3n) is 3.25. The molecule has 0 aromatic heterocycles. The van der Waals surface area contributed by atoms with Crippen molar-refractivity contribution in [1.29, 1.82) is 0 Å². The Hall–Kier alpha value is -1.10. The lowest BCUT2D eigenvalue weighted by Crippen LogP contribution is -2.47. The second-order valence-corrected chi connectivity index (χ2v) is 4.43. The molecule has 2 N–H and O–H groups in total. The van der Waals surface area contributed by atoms with E-state index in [4.69, 9.17) is 5.11 Å². The highest BCUT2D eigenvalue weighted by atomic mass is 16.4. The average molecular weight is 213 g/mol. The van der Waals surface area contributed by atoms with Crippen molar-refractivity contribution in [3.05, 3.63) is 0 Å². The summed E-state index contributed by atoms with van der Waals surface area (Å²) in [4.78, 5) is 24.3. The number of piperidine rings is 1. The van der Waals surface area contributed by atoms with E-state index in [9.17, 15) is 14.7 Å². The summed E-state index contributed by atoms with van der Waals surface area (Å²) in [5.74, 6) is -1.33. The van der Waals surface area contributed by atoms with Crippen molar-refractivity contribution >= 4 is 11.9 Å². The lowest BCUT2D eigenvalue weighted by molar-refractivity contribution is -0.154. The van der Waals surface area contributed by atoms with E-state index in [1.54, 1.807) is 0 Å². The number of carbonyl (C=O) groups is 2. The van der Waals surface area contributed by atoms with Gasteiger partial charge in [0.05, 0.1) is 6.10 Å². The predicted octanol–water partition coefficient (Wildman–Crippen LogP) is -0.166. The van der Waals surface area contributed by atoms with Gasteiger partial charge in [-0.05, 0) is 25.7 Å². The third-order valence-corrected chi connectivity index (χ3v) is 3.25. The Morgan fingerprint density at radius 2 is 2.00 bits per heavy atom. The maximum Gasteiger partial charge on any atom is 0.319 e. The molecule has 2 fully saturated rings. The fraction of sp³-hybridized carbons (Fsp3) is 0.800. The summed E-state index contributed by atoms with van der Waals surface area (Å²) in [6.07, 6.45) is 1.83. The number of nitrogens with zero attached hydrogens (tertiary/aromatic N) is 1. The lowest BCUT2D eigenvalue weighted by atomic mass is 10.0. The second-order valence-electron chi connectivity index (χ2n) is 4.43. The van der Waals surface area contributed by atoms with E-state index in [1.807, 2.05) is 0 Å². The van der Waals surface area contributed by atoms with Gasteiger partial charge >= 0.3 is 5.97 Å². The molecule has 1 aliphatic carbocycles. The first kappa shape index (κ1) is 10.4. The van der Waals surface area contributed by atoms with Crippen LogP contribution in [0.5, 0.6) is 0 Å². The number of aliphatic hydroxyl groups is 1. The van der Waals surface area contributed by atoms with Crippen molar-refractivity contribution in [2.75, 3.05) is 13.1 Å². The maximum absolute atomic E-state index is 11.9. The summed E-state index contributed by atoms with van der Waals surface area (Å²) < 4.78 is 0. The van der Waals surface area contributed by atoms with Crippen LogP contribution in [0.4, 0.5) is 0 Å². The van der Waals surface area contributed by atoms with Gasteiger partial charge in [-0.3, -0.25) is 9.59 Å². The van der Waals surface area contributed by atoms with Crippen LogP contribution in [0.2, 0.25) is 0 Å². The van der Waals surface area contributed by atoms with E-state index in [0.29, 0.717) is 25.8 Å². The molecule has 0 aromatic rings. The molecule has 1 saturated carbocycles. The van der Waals surface area contributed by atoms with Crippen LogP contribution in [0, 0.1) is 5.41 Å². The Labute approximate surface area is 87.7 Å². The highest BCUT2D eigenvalue weighted by molar-refractivity contribution is 6.04. The minimum absolute atomic E-state index is 0.286. The van der Waals surface area contributed by atoms with Crippen LogP contribution in [-0.2, 0) is 9.59 Å². The smallest absolute Gasteiger partial charge is 0.319 e. The predicted molar refractivity (Wildman–Crippen MR) is 51.1 cm³/mol. The number of hydrogen-bond acceptors (Lipinski definition) is 3. The van der Waals surface area contributed by atoms with Crippen LogP contribution in [0.3, 0.4) is 0 Å². The van der Waals surface area contributed by atoms with Crippen LogP contribution in [-0.4, -0.2) is 46.2 Å². The van der Waals surface area contributed by atoms with Crippen molar-refractivity contribution in [2.24, 2.45) is 5.41 Å². The van der Waals surface area contributed by atoms with Gasteiger partial charge in [-0.25, -0.2) is 0 Å². The number of amides is 1. The van der Waals surface area contributed by atoms with Gasteiger partial charge in [-0.1, -0.05) is 0 Å². The molecule has 5 nitrogen and oxygen atoms in total. The van der Waals surface area contributed by atoms with Gasteiger partial charge in [0, 0.05) is 13.1 Å². The van der Waals surface area contributed by atoms with Crippen molar-refractivity contribution in [3.8, 4) is 0 Å². The molecule has 1 atom stereocenters. The van der Waals surface area contributed by atoms with Crippen molar-refractivity contribution in [1.82, 2.24) is 4.90 Å². The molecule has 0 bridgehead atoms. The van der Waals surface area contributed by atoms with Crippen LogP contribution in [0.15, 0.2) is 0 Å². The molecule has 0 radical (unpaired) electrons. The third kappa shape index (κ3) is 1.71. The number of carboxylic acids is 1. The Morgan fingerprint density at radius 1 is 1.33 bits per heavy atom. The minimum Gasteiger partial charge on any atom is -0.480 e. The van der Waals surface area contributed by atoms with Gasteiger partial charge in [-0.2, -0.15) is 0 Å². The van der Waals surface area contributed by atoms with Gasteiger partial charge in [0.2, 0.25) is 5.91 Å². The molecule has 0 spiro atoms. The van der Waals surface area contributed by atoms with Gasteiger partial charge in [0.25, 0.3) is 0 Å². The van der Waals surface area contributed by atoms with Crippen molar-refractivity contribution in [3.63, 3.8) is 0 Å². The second kappa shape index (κ2) is 3.48. The standard InChI is InChI=1S/C10H15NO4/c12-7-2-1-5-11(6-7)8(13)10(3-4-10)9(14)15/h7,12H,1-6H2,(H,14,15). The maximum atomic E-state index is 11.9. The van der Waals surface area contributed by atoms with Crippen molar-refractivity contribution < 1.29 is 19.8 Å². The van der Waals surface area contributed by atoms with Gasteiger partial charge in [-0.15, -0.1) is 0 Å². The number of rotatable bonds is 2. The van der Waals surface area contributed by atoms with Gasteiger partial charge < -0.3 is 15.1 Å². The summed E-state index contributed by atoms with van der Waals surface area (Å²) in [6.45, 7) is 0.860. The first-order valence-electron chi connectivity index (χ1n) is 5.27. The summed E-state index contributed by atoms with van der Waals surface area (Å²) >= 11 is 0. The van der Waals surface area contributed by atoms with Crippen LogP contribution in [0.25, 0.3) is 0 Å². The zero-order valence-corrected chi connectivity index (χ0v) is 8.48. The van der Waals surface area contributed by atoms with E-state index in [-0.39, 0.29) is 12.5 Å². The molecule has 0 aromatic carbocycles. The number of aliphatic carboxylic acids is 1. The van der Waals surface area contributed by atoms with Crippen molar-refractivity contribution in [2.45, 2.75) is 31.8 Å². The fourth-order valence-electron chi connectivity index (χ4n) is 2.09. The average Bonchev–Trinajstić information content (AvgIpc) is 2.97. The number of aliphatic hydroxyl groups excluding tert-OH is 1. The minimum atomic E-state index is -1.16. The summed E-state index contributed by atoms with van der Waals surface area (Å²) in [5.41, 5.74) is -1.16. The Balaban J connectivity index is 2.04. The first-order valence-corrected chi connectivity index (χ1v) is 5.27. The summed E-state index contributed by atoms with van der Waals surface area (Å²) in [6, 6.07) is 0. The molecule has 1 saturated heterocycles. The van der Waals surface area contributed by atoms with E-state index in [2.05, 4.69) is 0 Å². The normalized spacial score (nSPS) is 28.6. The van der Waals surface area contributed by atoms with Gasteiger partial charge in [0.1, 0.15) is 5.41 Å². The number of likely N-dealkylation sites (tertiary alicyclic amines) is 1.